The number of nitrogens with one attached hydrogen (secondary N) is 1. The smallest absolute Gasteiger partial charge is 0.312 e. The van der Waals surface area contributed by atoms with Crippen LogP contribution in [0.15, 0.2) is 0 Å². The van der Waals surface area contributed by atoms with Crippen LogP contribution in [0.4, 0.5) is 0 Å². The fraction of sp³-hybridized carbons (Fsp3) is 0.750. The van der Waals surface area contributed by atoms with Gasteiger partial charge in [0.05, 0.1) is 62.2 Å². The van der Waals surface area contributed by atoms with Crippen molar-refractivity contribution in [3.05, 3.63) is 0 Å². The highest BCUT2D eigenvalue weighted by atomic mass is 79.9. The number of hydrogen-bond acceptors (Lipinski definition) is 10. The third-order valence-electron chi connectivity index (χ3n) is 5.67. The Bertz CT molecular complexity index is 875. The van der Waals surface area contributed by atoms with Gasteiger partial charge >= 0.3 is 23.9 Å². The average molecular weight is 611 g/mol. The number of aliphatic carboxylic acids is 2. The summed E-state index contributed by atoms with van der Waals surface area (Å²) in [6.07, 6.45) is -0.726. The number of carbonyl (C=O) groups is 6. The fourth-order valence-corrected chi connectivity index (χ4v) is 4.64. The number of hydrogen-bond donors (Lipinski definition) is 2. The van der Waals surface area contributed by atoms with Gasteiger partial charge in [0.1, 0.15) is 26.3 Å². The standard InChI is InChI=1S/C24H39BrN2O11/c1-23(2,21(34)36-6)15-24(3,22(35)38-12-10-27(4,5)14-18(30)31)13-16(25)20(33)26-9-11-37-19(32)8-7-17(28)29/h16H,7-15H2,1-6H3,(H2-,26,28,29,30,31,33). The average Bonchev–Trinajstić information content (AvgIpc) is 2.77. The number of esters is 3. The zero-order chi connectivity index (χ0) is 29.7. The van der Waals surface area contributed by atoms with Crippen LogP contribution in [0.5, 0.6) is 0 Å². The van der Waals surface area contributed by atoms with Gasteiger partial charge in [0.15, 0.2) is 0 Å². The number of alkyl halides is 1. The number of ether oxygens (including phenoxy) is 3. The molecule has 2 unspecified atom stereocenters. The SMILES string of the molecule is COC(=O)C(C)(C)CC(C)(CC(Br)C(=O)NCCOC(=O)CCC(=O)O)C(=O)OCC[N+](C)(C)CC(=O)[O-]. The Hall–Kier alpha value is -2.74. The largest absolute Gasteiger partial charge is 0.544 e. The van der Waals surface area contributed by atoms with Gasteiger partial charge in [-0.2, -0.15) is 0 Å². The first-order valence-corrected chi connectivity index (χ1v) is 12.8. The zero-order valence-electron chi connectivity index (χ0n) is 22.8. The van der Waals surface area contributed by atoms with E-state index in [1.165, 1.54) is 7.11 Å². The second kappa shape index (κ2) is 15.6. The molecule has 14 heteroatoms. The number of methoxy groups -OCH3 is 1. The van der Waals surface area contributed by atoms with Crippen molar-refractivity contribution in [2.75, 3.05) is 54.1 Å². The molecular formula is C24H39BrN2O11. The summed E-state index contributed by atoms with van der Waals surface area (Å²) in [7, 11) is 4.52. The van der Waals surface area contributed by atoms with Gasteiger partial charge in [0.25, 0.3) is 0 Å². The monoisotopic (exact) mass is 610 g/mol. The quantitative estimate of drug-likeness (QED) is 0.0677. The molecule has 0 aromatic heterocycles. The maximum absolute atomic E-state index is 13.2. The minimum Gasteiger partial charge on any atom is -0.544 e. The van der Waals surface area contributed by atoms with E-state index < -0.39 is 51.4 Å². The first kappa shape index (κ1) is 35.3. The van der Waals surface area contributed by atoms with Gasteiger partial charge in [-0.1, -0.05) is 15.9 Å². The normalized spacial score (nSPS) is 14.0. The van der Waals surface area contributed by atoms with Crippen LogP contribution < -0.4 is 10.4 Å². The highest BCUT2D eigenvalue weighted by molar-refractivity contribution is 9.10. The van der Waals surface area contributed by atoms with Crippen LogP contribution in [0.25, 0.3) is 0 Å². The number of carboxylic acids is 2. The van der Waals surface area contributed by atoms with Gasteiger partial charge in [0.2, 0.25) is 5.91 Å². The first-order valence-electron chi connectivity index (χ1n) is 11.9. The summed E-state index contributed by atoms with van der Waals surface area (Å²) in [5.74, 6) is -4.81. The molecule has 0 saturated heterocycles. The van der Waals surface area contributed by atoms with Gasteiger partial charge in [-0.05, 0) is 33.6 Å². The lowest BCUT2D eigenvalue weighted by Crippen LogP contribution is -2.50. The van der Waals surface area contributed by atoms with E-state index >= 15 is 0 Å². The Morgan fingerprint density at radius 1 is 1.00 bits per heavy atom. The van der Waals surface area contributed by atoms with Crippen LogP contribution in [0.3, 0.4) is 0 Å². The Labute approximate surface area is 230 Å². The molecule has 0 bridgehead atoms. The van der Waals surface area contributed by atoms with Crippen molar-refractivity contribution in [1.82, 2.24) is 5.32 Å². The summed E-state index contributed by atoms with van der Waals surface area (Å²) in [5.41, 5.74) is -2.42. The molecule has 38 heavy (non-hydrogen) atoms. The molecule has 0 aliphatic carbocycles. The van der Waals surface area contributed by atoms with Crippen molar-refractivity contribution in [1.29, 1.82) is 0 Å². The van der Waals surface area contributed by atoms with Gasteiger partial charge in [-0.15, -0.1) is 0 Å². The van der Waals surface area contributed by atoms with Gasteiger partial charge in [-0.25, -0.2) is 0 Å². The molecular weight excluding hydrogens is 572 g/mol. The number of carbonyl (C=O) groups excluding carboxylic acids is 5. The number of nitrogens with zero attached hydrogens (tertiary/aromatic N) is 1. The van der Waals surface area contributed by atoms with E-state index in [1.807, 2.05) is 0 Å². The lowest BCUT2D eigenvalue weighted by atomic mass is 9.71. The third-order valence-corrected chi connectivity index (χ3v) is 6.41. The summed E-state index contributed by atoms with van der Waals surface area (Å²) >= 11 is 3.27. The predicted molar refractivity (Wildman–Crippen MR) is 134 cm³/mol. The van der Waals surface area contributed by atoms with Gasteiger partial charge < -0.3 is 39.0 Å². The molecule has 0 radical (unpaired) electrons. The maximum atomic E-state index is 13.2. The van der Waals surface area contributed by atoms with Crippen LogP contribution in [0.1, 0.15) is 46.5 Å². The van der Waals surface area contributed by atoms with Crippen molar-refractivity contribution in [3.63, 3.8) is 0 Å². The molecule has 0 heterocycles. The van der Waals surface area contributed by atoms with Crippen LogP contribution >= 0.6 is 15.9 Å². The first-order chi connectivity index (χ1) is 17.3. The van der Waals surface area contributed by atoms with Crippen molar-refractivity contribution in [2.24, 2.45) is 10.8 Å². The summed E-state index contributed by atoms with van der Waals surface area (Å²) in [6.45, 7) is 4.38. The lowest BCUT2D eigenvalue weighted by molar-refractivity contribution is -0.884. The third kappa shape index (κ3) is 13.7. The molecule has 0 aromatic carbocycles. The Morgan fingerprint density at radius 2 is 1.61 bits per heavy atom. The molecule has 218 valence electrons. The second-order valence-electron chi connectivity index (χ2n) is 10.5. The summed E-state index contributed by atoms with van der Waals surface area (Å²) in [6, 6.07) is 0. The van der Waals surface area contributed by atoms with Crippen LogP contribution in [-0.2, 0) is 43.0 Å². The number of carboxylic acid groups (broad SMARTS) is 2. The van der Waals surface area contributed by atoms with Gasteiger partial charge in [0, 0.05) is 0 Å². The molecule has 0 aliphatic rings. The molecule has 1 amide bonds. The number of rotatable bonds is 18. The zero-order valence-corrected chi connectivity index (χ0v) is 24.4. The highest BCUT2D eigenvalue weighted by Gasteiger charge is 2.45. The Kier molecular flexibility index (Phi) is 14.5. The van der Waals surface area contributed by atoms with E-state index in [9.17, 15) is 33.9 Å². The Balaban J connectivity index is 5.27. The topological polar surface area (TPSA) is 185 Å². The van der Waals surface area contributed by atoms with Crippen LogP contribution in [0, 0.1) is 10.8 Å². The molecule has 0 aromatic rings. The van der Waals surface area contributed by atoms with Crippen LogP contribution in [-0.4, -0.2) is 104 Å². The van der Waals surface area contributed by atoms with Crippen molar-refractivity contribution in [3.8, 4) is 0 Å². The molecule has 0 rings (SSSR count). The predicted octanol–water partition coefficient (Wildman–Crippen LogP) is -0.371. The number of halogens is 1. The summed E-state index contributed by atoms with van der Waals surface area (Å²) in [4.78, 5) is 70.1. The highest BCUT2D eigenvalue weighted by Crippen LogP contribution is 2.40. The van der Waals surface area contributed by atoms with E-state index in [0.29, 0.717) is 0 Å². The summed E-state index contributed by atoms with van der Waals surface area (Å²) < 4.78 is 15.2. The molecule has 2 atom stereocenters. The van der Waals surface area contributed by atoms with Crippen molar-refractivity contribution in [2.45, 2.75) is 51.3 Å². The fourth-order valence-electron chi connectivity index (χ4n) is 3.76. The molecule has 2 N–H and O–H groups in total. The second-order valence-corrected chi connectivity index (χ2v) is 11.6. The van der Waals surface area contributed by atoms with Crippen molar-refractivity contribution < 1.29 is 57.7 Å². The Morgan fingerprint density at radius 3 is 2.13 bits per heavy atom. The van der Waals surface area contributed by atoms with Crippen LogP contribution in [0.2, 0.25) is 0 Å². The van der Waals surface area contributed by atoms with E-state index in [4.69, 9.17) is 19.3 Å². The minimum absolute atomic E-state index is 0.0145. The molecule has 0 saturated carbocycles. The van der Waals surface area contributed by atoms with E-state index in [2.05, 4.69) is 21.2 Å². The molecule has 0 spiro atoms. The van der Waals surface area contributed by atoms with E-state index in [1.54, 1.807) is 34.9 Å². The van der Waals surface area contributed by atoms with E-state index in [-0.39, 0.29) is 63.0 Å². The van der Waals surface area contributed by atoms with Crippen molar-refractivity contribution >= 4 is 51.7 Å². The van der Waals surface area contributed by atoms with E-state index in [0.717, 1.165) is 0 Å². The molecule has 0 aliphatic heterocycles. The number of likely N-dealkylation sites (N-methyl/N-ethyl adjacent to an activating group) is 1. The molecule has 0 fully saturated rings. The maximum Gasteiger partial charge on any atom is 0.312 e. The lowest BCUT2D eigenvalue weighted by Gasteiger charge is -2.36. The number of quaternary nitrogens is 1. The number of amides is 1. The molecule has 13 nitrogen and oxygen atoms in total. The minimum atomic E-state index is -1.32. The van der Waals surface area contributed by atoms with Gasteiger partial charge in [-0.3, -0.25) is 24.0 Å². The summed E-state index contributed by atoms with van der Waals surface area (Å²) in [5, 5.41) is 22.1.